The van der Waals surface area contributed by atoms with Gasteiger partial charge in [-0.2, -0.15) is 34.8 Å². The van der Waals surface area contributed by atoms with Crippen LogP contribution in [-0.2, 0) is 79.5 Å². The van der Waals surface area contributed by atoms with Crippen LogP contribution in [0.4, 0.5) is 35.9 Å². The van der Waals surface area contributed by atoms with Gasteiger partial charge in [-0.25, -0.2) is 19.5 Å². The molecule has 8 spiro atoms. The summed E-state index contributed by atoms with van der Waals surface area (Å²) in [6.45, 7) is 12.2. The molecular formula is C84H116F6N10O24S2. The van der Waals surface area contributed by atoms with Gasteiger partial charge < -0.3 is 89.7 Å². The molecule has 16 rings (SSSR count). The zero-order chi connectivity index (χ0) is 93.5. The molecule has 12 aliphatic rings. The van der Waals surface area contributed by atoms with Crippen molar-refractivity contribution in [1.29, 1.82) is 0 Å². The summed E-state index contributed by atoms with van der Waals surface area (Å²) in [5, 5.41) is 35.0. The number of ether oxygens (including phenoxy) is 11. The second kappa shape index (κ2) is 39.3. The Morgan fingerprint density at radius 2 is 0.802 bits per heavy atom. The second-order valence-electron chi connectivity index (χ2n) is 32.6. The quantitative estimate of drug-likeness (QED) is 0.0124. The fourth-order valence-corrected chi connectivity index (χ4v) is 18.9. The number of hydrogen-bond acceptors (Lipinski definition) is 28. The number of phenolic OH excluding ortho intramolecular Hbond substituents is 1. The van der Waals surface area contributed by atoms with Crippen molar-refractivity contribution in [1.82, 2.24) is 35.6 Å². The maximum absolute atomic E-state index is 13.4. The topological polar surface area (TPSA) is 431 Å². The van der Waals surface area contributed by atoms with Crippen molar-refractivity contribution in [2.45, 2.75) is 237 Å². The fourth-order valence-electron chi connectivity index (χ4n) is 18.3. The standard InChI is InChI=1S/C19H25N3O4.C19H24N2O5.C19H24N2O4S.C17H20N2O5.C4H10O2.C3H2F6O3S.C2H6O.CH5N/c1-4-25-13-5-6-15-14(11-13)19(16(23)22(2)17(20)21-19)18(26-15)9-7-12(24-3)8-10-18;1-4-25-13-5-6-15-14(11-13)19(16(22)21(2)17(23)20-19)18(26-15)9-7-12(24-3)8-10-18;1-4-24-13-5-6-15-14(11-13)19(16(22)21(2)17(26)20-19)18(25-15)9-7-12(23-3)8-10-18;1-19-14(21)17(18-15(19)22)12-9-10(20)3-4-13(12)24-16(17)7-5-11(23-2)6-8-16;1-4(2,3)6-5;4-2(5,6)1-12-13(10,11)3(7,8)9;1-2-3;1-2/h5-6,11-12H,4,7-10H2,1-3H3,(H2,20,21);5-6,11-12H,4,7-10H2,1-3H3,(H,20,23);5-6,11-12H,4,7-10H2,1-3H3,(H,20,26);3-4,9,11,20H,5-8H2,1-2H3,(H,18,22);5H,1-3H3;1H2;3H,2H2,1H3;2H2,1H3. The van der Waals surface area contributed by atoms with Crippen molar-refractivity contribution >= 4 is 69.1 Å². The van der Waals surface area contributed by atoms with E-state index in [2.05, 4.69) is 30.8 Å². The van der Waals surface area contributed by atoms with Gasteiger partial charge in [-0.1, -0.05) is 0 Å². The molecule has 8 amide bonds. The second-order valence-corrected chi connectivity index (χ2v) is 34.5. The number of amides is 8. The largest absolute Gasteiger partial charge is 0.523 e. The minimum Gasteiger partial charge on any atom is -0.508 e. The number of thiocarbonyl (C=S) groups is 1. The third kappa shape index (κ3) is 18.5. The van der Waals surface area contributed by atoms with Gasteiger partial charge in [0.05, 0.1) is 49.8 Å². The van der Waals surface area contributed by atoms with Gasteiger partial charge in [0, 0.05) is 85.5 Å². The highest BCUT2D eigenvalue weighted by atomic mass is 32.2. The molecule has 126 heavy (non-hydrogen) atoms. The number of benzene rings is 4. The van der Waals surface area contributed by atoms with Gasteiger partial charge in [-0.15, -0.1) is 0 Å². The molecule has 4 aromatic rings. The molecule has 700 valence electrons. The summed E-state index contributed by atoms with van der Waals surface area (Å²) < 4.78 is 154. The van der Waals surface area contributed by atoms with Crippen molar-refractivity contribution in [3.63, 3.8) is 0 Å². The molecule has 4 aliphatic carbocycles. The van der Waals surface area contributed by atoms with Crippen molar-refractivity contribution in [3.8, 4) is 46.0 Å². The summed E-state index contributed by atoms with van der Waals surface area (Å²) in [6, 6.07) is 20.7. The van der Waals surface area contributed by atoms with E-state index in [1.54, 1.807) is 76.3 Å². The van der Waals surface area contributed by atoms with Crippen molar-refractivity contribution in [3.05, 3.63) is 95.1 Å². The van der Waals surface area contributed by atoms with E-state index in [-0.39, 0.29) is 66.4 Å². The van der Waals surface area contributed by atoms with E-state index < -0.39 is 90.6 Å². The minimum atomic E-state index is -6.15. The van der Waals surface area contributed by atoms with Crippen LogP contribution >= 0.6 is 12.2 Å². The fraction of sp³-hybridized carbons (Fsp3) is 0.619. The van der Waals surface area contributed by atoms with Gasteiger partial charge >= 0.3 is 33.9 Å². The first-order chi connectivity index (χ1) is 59.3. The molecule has 34 nitrogen and oxygen atoms in total. The Labute approximate surface area is 733 Å². The summed E-state index contributed by atoms with van der Waals surface area (Å²) in [7, 11) is 8.53. The summed E-state index contributed by atoms with van der Waals surface area (Å²) in [5.41, 5.74) is -0.591. The van der Waals surface area contributed by atoms with E-state index in [4.69, 9.17) is 85.4 Å². The smallest absolute Gasteiger partial charge is 0.508 e. The Hall–Kier alpha value is -9.37. The monoisotopic (exact) mass is 1830 g/mol. The molecule has 7 fully saturated rings. The molecule has 0 radical (unpaired) electrons. The van der Waals surface area contributed by atoms with E-state index in [1.807, 2.05) is 75.4 Å². The van der Waals surface area contributed by atoms with Crippen molar-refractivity contribution in [2.24, 2.45) is 16.5 Å². The lowest BCUT2D eigenvalue weighted by atomic mass is 9.68. The number of carbonyl (C=O) groups is 6. The first-order valence-electron chi connectivity index (χ1n) is 41.3. The summed E-state index contributed by atoms with van der Waals surface area (Å²) in [4.78, 5) is 91.6. The number of halogens is 6. The highest BCUT2D eigenvalue weighted by Crippen LogP contribution is 2.63. The minimum absolute atomic E-state index is 0.0379. The Kier molecular flexibility index (Phi) is 31.3. The van der Waals surface area contributed by atoms with Crippen LogP contribution in [0.25, 0.3) is 0 Å². The lowest BCUT2D eigenvalue weighted by molar-refractivity contribution is -0.306. The SMILES string of the molecule is CC(C)(C)OO.CCO.CCOc1ccc2c(c1)C1(N=C(N)N(C)C1=O)C1(CCC(OC)CC1)O2.CCOc1ccc2c(c1)C1(NC(=O)N(C)C1=O)C1(CCC(OC)CC1)O2.CCOc1ccc2c(c1)C1(NC(=S)N(C)C1=O)C1(CCC(OC)CC1)O2.CN.COC1CCC2(CC1)Oc1ccc(O)cc1C21NC(=O)N(C)C1=O.O=S(=O)(OCC(F)(F)F)C(F)(F)F. The first-order valence-corrected chi connectivity index (χ1v) is 43.1. The molecule has 4 aromatic carbocycles. The zero-order valence-corrected chi connectivity index (χ0v) is 75.1. The maximum Gasteiger partial charge on any atom is 0.523 e. The molecule has 0 aromatic heterocycles. The molecule has 4 saturated carbocycles. The molecule has 42 heteroatoms. The lowest BCUT2D eigenvalue weighted by Gasteiger charge is -2.44. The molecule has 4 atom stereocenters. The Morgan fingerprint density at radius 1 is 0.500 bits per heavy atom. The average Bonchev–Trinajstić information content (AvgIpc) is 1.54. The Morgan fingerprint density at radius 3 is 1.08 bits per heavy atom. The van der Waals surface area contributed by atoms with Crippen LogP contribution < -0.4 is 60.6 Å². The highest BCUT2D eigenvalue weighted by Gasteiger charge is 2.74. The van der Waals surface area contributed by atoms with Gasteiger partial charge in [0.25, 0.3) is 23.6 Å². The number of nitrogens with two attached hydrogens (primary N) is 2. The number of likely N-dealkylation sites (N-methyl/N-ethyl adjacent to an activating group) is 4. The van der Waals surface area contributed by atoms with E-state index in [1.165, 1.54) is 43.1 Å². The number of hydrogen-bond donors (Lipinski definition) is 8. The third-order valence-electron chi connectivity index (χ3n) is 24.4. The van der Waals surface area contributed by atoms with Gasteiger partial charge in [0.2, 0.25) is 5.54 Å². The van der Waals surface area contributed by atoms with Gasteiger partial charge in [0.1, 0.15) is 68.4 Å². The highest BCUT2D eigenvalue weighted by molar-refractivity contribution is 7.87. The molecule has 8 aliphatic heterocycles. The van der Waals surface area contributed by atoms with Crippen LogP contribution in [-0.4, -0.2) is 251 Å². The number of alkyl halides is 6. The first kappa shape index (κ1) is 100. The molecule has 8 heterocycles. The summed E-state index contributed by atoms with van der Waals surface area (Å²) >= 11 is 5.42. The van der Waals surface area contributed by atoms with Crippen molar-refractivity contribution in [2.75, 3.05) is 96.7 Å². The predicted octanol–water partition coefficient (Wildman–Crippen LogP) is 10.1. The van der Waals surface area contributed by atoms with E-state index in [9.17, 15) is 68.6 Å². The number of methoxy groups -OCH3 is 4. The van der Waals surface area contributed by atoms with E-state index in [0.717, 1.165) is 96.6 Å². The number of carbonyl (C=O) groups excluding carboxylic acids is 6. The maximum atomic E-state index is 13.4. The van der Waals surface area contributed by atoms with Crippen LogP contribution in [0.1, 0.15) is 173 Å². The number of aliphatic hydroxyl groups is 1. The number of phenols is 1. The number of imide groups is 2. The molecule has 10 N–H and O–H groups in total. The molecular weight excluding hydrogens is 1710 g/mol. The number of aliphatic hydroxyl groups excluding tert-OH is 1. The molecule has 0 bridgehead atoms. The normalized spacial score (nSPS) is 29.1. The van der Waals surface area contributed by atoms with Crippen molar-refractivity contribution < 1.29 is 140 Å². The Bertz CT molecular complexity index is 4620. The summed E-state index contributed by atoms with van der Waals surface area (Å²) in [5.74, 6) is 4.11. The third-order valence-corrected chi connectivity index (χ3v) is 25.8. The van der Waals surface area contributed by atoms with Crippen LogP contribution in [0.15, 0.2) is 77.8 Å². The van der Waals surface area contributed by atoms with Gasteiger partial charge in [0.15, 0.2) is 34.3 Å². The van der Waals surface area contributed by atoms with Crippen LogP contribution in [0.3, 0.4) is 0 Å². The van der Waals surface area contributed by atoms with E-state index in [0.29, 0.717) is 103 Å². The number of rotatable bonds is 12. The number of guanidine groups is 1. The number of fused-ring (bicyclic) bond motifs is 12. The Balaban J connectivity index is 0.000000175. The summed E-state index contributed by atoms with van der Waals surface area (Å²) in [6.07, 6.45) is 7.11. The average molecular weight is 1830 g/mol. The van der Waals surface area contributed by atoms with E-state index >= 15 is 0 Å². The number of aromatic hydroxyl groups is 1. The molecule has 4 unspecified atom stereocenters. The number of nitrogens with one attached hydrogen (secondary N) is 3. The number of aliphatic imine (C=N–C) groups is 1. The van der Waals surface area contributed by atoms with Crippen LogP contribution in [0.2, 0.25) is 0 Å². The lowest BCUT2D eigenvalue weighted by Crippen LogP contribution is -2.62. The predicted molar refractivity (Wildman–Crippen MR) is 447 cm³/mol. The number of nitrogens with zero attached hydrogens (tertiary/aromatic N) is 5. The van der Waals surface area contributed by atoms with Crippen LogP contribution in [0, 0.1) is 0 Å². The van der Waals surface area contributed by atoms with Crippen LogP contribution in [0.5, 0.6) is 46.0 Å². The molecule has 3 saturated heterocycles. The van der Waals surface area contributed by atoms with Gasteiger partial charge in [-0.3, -0.25) is 48.2 Å². The number of urea groups is 2. The zero-order valence-electron chi connectivity index (χ0n) is 73.5. The van der Waals surface area contributed by atoms with Gasteiger partial charge in [-0.05, 0) is 243 Å².